The van der Waals surface area contributed by atoms with Crippen molar-refractivity contribution in [2.75, 3.05) is 6.61 Å². The van der Waals surface area contributed by atoms with E-state index in [0.29, 0.717) is 17.8 Å². The first-order valence-electron chi connectivity index (χ1n) is 6.71. The lowest BCUT2D eigenvalue weighted by molar-refractivity contribution is -0.139. The number of carbonyl (C=O) groups is 2. The van der Waals surface area contributed by atoms with E-state index >= 15 is 0 Å². The molecule has 20 heavy (non-hydrogen) atoms. The molecule has 2 rings (SSSR count). The molecular weight excluding hydrogens is 252 g/mol. The van der Waals surface area contributed by atoms with Crippen molar-refractivity contribution < 1.29 is 14.3 Å². The number of hydrogen-bond donors (Lipinski definition) is 0. The molecule has 0 fully saturated rings. The minimum Gasteiger partial charge on any atom is -0.463 e. The van der Waals surface area contributed by atoms with E-state index < -0.39 is 11.9 Å². The molecule has 104 valence electrons. The third-order valence-electron chi connectivity index (χ3n) is 3.32. The van der Waals surface area contributed by atoms with Crippen LogP contribution in [0.15, 0.2) is 53.1 Å². The lowest BCUT2D eigenvalue weighted by Gasteiger charge is -2.13. The number of benzene rings is 1. The quantitative estimate of drug-likeness (QED) is 0.626. The van der Waals surface area contributed by atoms with Gasteiger partial charge < -0.3 is 4.74 Å². The zero-order chi connectivity index (χ0) is 14.7. The fourth-order valence-electron chi connectivity index (χ4n) is 2.37. The number of esters is 1. The largest absolute Gasteiger partial charge is 0.463 e. The monoisotopic (exact) mass is 270 g/mol. The van der Waals surface area contributed by atoms with Gasteiger partial charge in [-0.1, -0.05) is 35.9 Å². The fraction of sp³-hybridized carbons (Fsp3) is 0.294. The number of hydrogen-bond acceptors (Lipinski definition) is 3. The molecule has 0 saturated heterocycles. The summed E-state index contributed by atoms with van der Waals surface area (Å²) in [6.45, 7) is 5.81. The van der Waals surface area contributed by atoms with E-state index in [4.69, 9.17) is 4.74 Å². The second kappa shape index (κ2) is 5.87. The summed E-state index contributed by atoms with van der Waals surface area (Å²) in [5.74, 6) is -0.981. The predicted octanol–water partition coefficient (Wildman–Crippen LogP) is 3.18. The van der Waals surface area contributed by atoms with Crippen LogP contribution in [0.5, 0.6) is 0 Å². The van der Waals surface area contributed by atoms with Gasteiger partial charge in [0, 0.05) is 5.57 Å². The zero-order valence-electron chi connectivity index (χ0n) is 12.0. The summed E-state index contributed by atoms with van der Waals surface area (Å²) in [7, 11) is 0. The Hall–Kier alpha value is -2.16. The molecule has 0 amide bonds. The number of ether oxygens (including phenoxy) is 1. The van der Waals surface area contributed by atoms with Gasteiger partial charge in [0.05, 0.1) is 18.1 Å². The molecule has 3 nitrogen and oxygen atoms in total. The molecule has 1 unspecified atom stereocenters. The highest BCUT2D eigenvalue weighted by atomic mass is 16.5. The average molecular weight is 270 g/mol. The van der Waals surface area contributed by atoms with Gasteiger partial charge in [-0.05, 0) is 32.4 Å². The van der Waals surface area contributed by atoms with Crippen LogP contribution in [0, 0.1) is 0 Å². The first-order chi connectivity index (χ1) is 9.56. The summed E-state index contributed by atoms with van der Waals surface area (Å²) in [4.78, 5) is 24.6. The molecule has 0 aromatic heterocycles. The molecule has 0 N–H and O–H groups in total. The highest BCUT2D eigenvalue weighted by molar-refractivity contribution is 6.15. The molecule has 0 aliphatic heterocycles. The van der Waals surface area contributed by atoms with Crippen LogP contribution >= 0.6 is 0 Å². The Morgan fingerprint density at radius 1 is 1.20 bits per heavy atom. The number of carbonyl (C=O) groups excluding carboxylic acids is 2. The van der Waals surface area contributed by atoms with Crippen molar-refractivity contribution in [3.63, 3.8) is 0 Å². The van der Waals surface area contributed by atoms with Crippen molar-refractivity contribution in [3.05, 3.63) is 58.7 Å². The van der Waals surface area contributed by atoms with Crippen LogP contribution in [0.25, 0.3) is 0 Å². The van der Waals surface area contributed by atoms with E-state index in [2.05, 4.69) is 0 Å². The van der Waals surface area contributed by atoms with Crippen LogP contribution in [0.1, 0.15) is 32.3 Å². The summed E-state index contributed by atoms with van der Waals surface area (Å²) >= 11 is 0. The van der Waals surface area contributed by atoms with E-state index in [1.807, 2.05) is 44.2 Å². The van der Waals surface area contributed by atoms with E-state index in [1.165, 1.54) is 0 Å². The summed E-state index contributed by atoms with van der Waals surface area (Å²) in [6.07, 6.45) is 1.67. The van der Waals surface area contributed by atoms with Crippen molar-refractivity contribution >= 4 is 11.8 Å². The fourth-order valence-corrected chi connectivity index (χ4v) is 2.37. The van der Waals surface area contributed by atoms with Crippen molar-refractivity contribution in [2.45, 2.75) is 26.7 Å². The molecule has 1 atom stereocenters. The van der Waals surface area contributed by atoms with Crippen LogP contribution in [0.3, 0.4) is 0 Å². The molecule has 0 radical (unpaired) electrons. The van der Waals surface area contributed by atoms with Gasteiger partial charge in [0.15, 0.2) is 5.78 Å². The summed E-state index contributed by atoms with van der Waals surface area (Å²) in [5.41, 5.74) is 2.78. The Kier molecular flexibility index (Phi) is 4.18. The van der Waals surface area contributed by atoms with Gasteiger partial charge in [-0.15, -0.1) is 0 Å². The smallest absolute Gasteiger partial charge is 0.335 e. The van der Waals surface area contributed by atoms with E-state index in [1.54, 1.807) is 13.0 Å². The van der Waals surface area contributed by atoms with E-state index in [-0.39, 0.29) is 5.78 Å². The minimum absolute atomic E-state index is 0.0285. The molecule has 0 spiro atoms. The third kappa shape index (κ3) is 2.57. The minimum atomic E-state index is -0.542. The molecule has 0 saturated carbocycles. The SMILES string of the molecule is CCOC(=O)C1=CC(=C(C)C)C(=O)C1c1ccccc1. The maximum atomic E-state index is 12.5. The first kappa shape index (κ1) is 14.3. The standard InChI is InChI=1S/C17H18O3/c1-4-20-17(19)14-10-13(11(2)3)16(18)15(14)12-8-6-5-7-9-12/h5-10,15H,4H2,1-3H3. The topological polar surface area (TPSA) is 43.4 Å². The molecule has 1 aliphatic rings. The summed E-state index contributed by atoms with van der Waals surface area (Å²) in [6, 6.07) is 9.35. The van der Waals surface area contributed by atoms with Gasteiger partial charge in [0.1, 0.15) is 0 Å². The third-order valence-corrected chi connectivity index (χ3v) is 3.32. The van der Waals surface area contributed by atoms with Gasteiger partial charge in [0.25, 0.3) is 0 Å². The predicted molar refractivity (Wildman–Crippen MR) is 77.3 cm³/mol. The van der Waals surface area contributed by atoms with Crippen LogP contribution < -0.4 is 0 Å². The molecular formula is C17H18O3. The molecule has 3 heteroatoms. The zero-order valence-corrected chi connectivity index (χ0v) is 12.0. The van der Waals surface area contributed by atoms with Gasteiger partial charge in [-0.3, -0.25) is 4.79 Å². The van der Waals surface area contributed by atoms with Gasteiger partial charge in [-0.25, -0.2) is 4.79 Å². The molecule has 1 aromatic carbocycles. The molecule has 0 heterocycles. The van der Waals surface area contributed by atoms with Crippen LogP contribution in [0.2, 0.25) is 0 Å². The lowest BCUT2D eigenvalue weighted by Crippen LogP contribution is -2.17. The number of Topliss-reactive ketones (excluding diaryl/α,β-unsaturated/α-hetero) is 1. The van der Waals surface area contributed by atoms with Gasteiger partial charge >= 0.3 is 5.97 Å². The molecule has 1 aromatic rings. The summed E-state index contributed by atoms with van der Waals surface area (Å²) < 4.78 is 5.07. The van der Waals surface area contributed by atoms with Gasteiger partial charge in [0.2, 0.25) is 0 Å². The van der Waals surface area contributed by atoms with Crippen molar-refractivity contribution in [1.29, 1.82) is 0 Å². The maximum Gasteiger partial charge on any atom is 0.335 e. The number of allylic oxidation sites excluding steroid dienone is 3. The van der Waals surface area contributed by atoms with Crippen LogP contribution in [-0.2, 0) is 14.3 Å². The average Bonchev–Trinajstić information content (AvgIpc) is 2.78. The van der Waals surface area contributed by atoms with E-state index in [9.17, 15) is 9.59 Å². The van der Waals surface area contributed by atoms with E-state index in [0.717, 1.165) is 11.1 Å². The molecule has 1 aliphatic carbocycles. The molecule has 0 bridgehead atoms. The highest BCUT2D eigenvalue weighted by Gasteiger charge is 2.37. The Morgan fingerprint density at radius 2 is 1.85 bits per heavy atom. The highest BCUT2D eigenvalue weighted by Crippen LogP contribution is 2.36. The van der Waals surface area contributed by atoms with Crippen LogP contribution in [0.4, 0.5) is 0 Å². The number of rotatable bonds is 3. The van der Waals surface area contributed by atoms with Crippen LogP contribution in [-0.4, -0.2) is 18.4 Å². The Bertz CT molecular complexity index is 590. The maximum absolute atomic E-state index is 12.5. The van der Waals surface area contributed by atoms with Crippen molar-refractivity contribution in [1.82, 2.24) is 0 Å². The van der Waals surface area contributed by atoms with Crippen molar-refractivity contribution in [2.24, 2.45) is 0 Å². The first-order valence-corrected chi connectivity index (χ1v) is 6.71. The number of ketones is 1. The second-order valence-corrected chi connectivity index (χ2v) is 4.94. The second-order valence-electron chi connectivity index (χ2n) is 4.94. The van der Waals surface area contributed by atoms with Gasteiger partial charge in [-0.2, -0.15) is 0 Å². The Balaban J connectivity index is 2.49. The van der Waals surface area contributed by atoms with Crippen molar-refractivity contribution in [3.8, 4) is 0 Å². The Labute approximate surface area is 118 Å². The lowest BCUT2D eigenvalue weighted by atomic mass is 9.90. The normalized spacial score (nSPS) is 17.9. The Morgan fingerprint density at radius 3 is 2.40 bits per heavy atom. The summed E-state index contributed by atoms with van der Waals surface area (Å²) in [5, 5.41) is 0.